The molecule has 0 spiro atoms. The van der Waals surface area contributed by atoms with Crippen LogP contribution in [0.25, 0.3) is 0 Å². The van der Waals surface area contributed by atoms with E-state index in [-0.39, 0.29) is 11.5 Å². The van der Waals surface area contributed by atoms with Gasteiger partial charge in [0.1, 0.15) is 17.3 Å². The van der Waals surface area contributed by atoms with Crippen molar-refractivity contribution in [3.05, 3.63) is 53.0 Å². The van der Waals surface area contributed by atoms with Crippen LogP contribution >= 0.6 is 0 Å². The van der Waals surface area contributed by atoms with Crippen molar-refractivity contribution in [1.82, 2.24) is 0 Å². The number of hydrogen-bond donors (Lipinski definition) is 1. The van der Waals surface area contributed by atoms with Gasteiger partial charge in [0.2, 0.25) is 0 Å². The molecule has 1 heterocycles. The standard InChI is InChI=1S/C18H25NO2/c1-12-10-14(18(3,4)5)7-9-15(12)21-17(11-19)16-8-6-13(2)20-16/h6-10,17H,11,19H2,1-5H3. The molecular weight excluding hydrogens is 262 g/mol. The van der Waals surface area contributed by atoms with Gasteiger partial charge in [0.05, 0.1) is 0 Å². The maximum Gasteiger partial charge on any atom is 0.168 e. The van der Waals surface area contributed by atoms with Crippen molar-refractivity contribution in [2.24, 2.45) is 5.73 Å². The highest BCUT2D eigenvalue weighted by Gasteiger charge is 2.18. The minimum absolute atomic E-state index is 0.134. The molecule has 2 N–H and O–H groups in total. The fraction of sp³-hybridized carbons (Fsp3) is 0.444. The molecule has 0 aliphatic rings. The van der Waals surface area contributed by atoms with Crippen LogP contribution in [0.15, 0.2) is 34.7 Å². The van der Waals surface area contributed by atoms with Gasteiger partial charge in [-0.1, -0.05) is 32.9 Å². The van der Waals surface area contributed by atoms with E-state index >= 15 is 0 Å². The summed E-state index contributed by atoms with van der Waals surface area (Å²) in [5.74, 6) is 2.49. The summed E-state index contributed by atoms with van der Waals surface area (Å²) in [5.41, 5.74) is 8.37. The monoisotopic (exact) mass is 287 g/mol. The molecule has 0 aliphatic carbocycles. The van der Waals surface area contributed by atoms with Crippen molar-refractivity contribution in [2.45, 2.75) is 46.1 Å². The Morgan fingerprint density at radius 2 is 1.86 bits per heavy atom. The SMILES string of the molecule is Cc1ccc(C(CN)Oc2ccc(C(C)(C)C)cc2C)o1. The summed E-state index contributed by atoms with van der Waals surface area (Å²) in [6.07, 6.45) is -0.252. The molecule has 0 aliphatic heterocycles. The van der Waals surface area contributed by atoms with Crippen LogP contribution in [0.1, 0.15) is 49.5 Å². The fourth-order valence-electron chi connectivity index (χ4n) is 2.25. The number of benzene rings is 1. The first-order valence-corrected chi connectivity index (χ1v) is 7.35. The van der Waals surface area contributed by atoms with Crippen molar-refractivity contribution in [1.29, 1.82) is 0 Å². The van der Waals surface area contributed by atoms with Gasteiger partial charge in [0, 0.05) is 6.54 Å². The van der Waals surface area contributed by atoms with Gasteiger partial charge in [-0.3, -0.25) is 0 Å². The summed E-state index contributed by atoms with van der Waals surface area (Å²) in [6, 6.07) is 10.2. The summed E-state index contributed by atoms with van der Waals surface area (Å²) in [7, 11) is 0. The van der Waals surface area contributed by atoms with Gasteiger partial charge in [0.15, 0.2) is 6.10 Å². The lowest BCUT2D eigenvalue weighted by Gasteiger charge is -2.22. The minimum Gasteiger partial charge on any atom is -0.481 e. The molecule has 2 rings (SSSR count). The molecule has 2 aromatic rings. The molecule has 0 radical (unpaired) electrons. The summed E-state index contributed by atoms with van der Waals surface area (Å²) in [5, 5.41) is 0. The molecule has 1 unspecified atom stereocenters. The van der Waals surface area contributed by atoms with Crippen molar-refractivity contribution in [2.75, 3.05) is 6.54 Å². The Bertz CT molecular complexity index is 608. The van der Waals surface area contributed by atoms with Gasteiger partial charge in [-0.2, -0.15) is 0 Å². The Labute approximate surface area is 127 Å². The second kappa shape index (κ2) is 5.94. The average molecular weight is 287 g/mol. The largest absolute Gasteiger partial charge is 0.481 e. The summed E-state index contributed by atoms with van der Waals surface area (Å²) in [4.78, 5) is 0. The average Bonchev–Trinajstić information content (AvgIpc) is 2.82. The third-order valence-corrected chi connectivity index (χ3v) is 3.60. The molecular formula is C18H25NO2. The quantitative estimate of drug-likeness (QED) is 0.913. The predicted molar refractivity (Wildman–Crippen MR) is 85.7 cm³/mol. The zero-order chi connectivity index (χ0) is 15.6. The van der Waals surface area contributed by atoms with E-state index in [1.807, 2.05) is 25.1 Å². The lowest BCUT2D eigenvalue weighted by atomic mass is 9.86. The van der Waals surface area contributed by atoms with E-state index in [2.05, 4.69) is 39.8 Å². The first-order chi connectivity index (χ1) is 9.81. The molecule has 114 valence electrons. The summed E-state index contributed by atoms with van der Waals surface area (Å²) < 4.78 is 11.7. The predicted octanol–water partition coefficient (Wildman–Crippen LogP) is 4.27. The normalized spacial score (nSPS) is 13.2. The molecule has 0 bridgehead atoms. The van der Waals surface area contributed by atoms with E-state index in [4.69, 9.17) is 14.9 Å². The number of furan rings is 1. The summed E-state index contributed by atoms with van der Waals surface area (Å²) >= 11 is 0. The fourth-order valence-corrected chi connectivity index (χ4v) is 2.25. The van der Waals surface area contributed by atoms with E-state index < -0.39 is 0 Å². The Morgan fingerprint density at radius 1 is 1.14 bits per heavy atom. The van der Waals surface area contributed by atoms with Crippen LogP contribution in [0.4, 0.5) is 0 Å². The van der Waals surface area contributed by atoms with Gasteiger partial charge in [-0.25, -0.2) is 0 Å². The van der Waals surface area contributed by atoms with Crippen LogP contribution in [0.2, 0.25) is 0 Å². The van der Waals surface area contributed by atoms with Crippen LogP contribution in [0, 0.1) is 13.8 Å². The van der Waals surface area contributed by atoms with E-state index in [9.17, 15) is 0 Å². The molecule has 21 heavy (non-hydrogen) atoms. The zero-order valence-electron chi connectivity index (χ0n) is 13.6. The van der Waals surface area contributed by atoms with Crippen LogP contribution in [-0.4, -0.2) is 6.54 Å². The highest BCUT2D eigenvalue weighted by molar-refractivity contribution is 5.39. The van der Waals surface area contributed by atoms with Gasteiger partial charge in [0.25, 0.3) is 0 Å². The van der Waals surface area contributed by atoms with E-state index in [0.717, 1.165) is 22.8 Å². The van der Waals surface area contributed by atoms with Crippen molar-refractivity contribution in [3.8, 4) is 5.75 Å². The first kappa shape index (κ1) is 15.6. The van der Waals surface area contributed by atoms with Crippen LogP contribution in [-0.2, 0) is 5.41 Å². The van der Waals surface area contributed by atoms with Gasteiger partial charge < -0.3 is 14.9 Å². The summed E-state index contributed by atoms with van der Waals surface area (Å²) in [6.45, 7) is 11.0. The number of rotatable bonds is 4. The molecule has 0 saturated heterocycles. The van der Waals surface area contributed by atoms with Gasteiger partial charge in [-0.15, -0.1) is 0 Å². The maximum atomic E-state index is 6.04. The van der Waals surface area contributed by atoms with E-state index in [1.165, 1.54) is 5.56 Å². The minimum atomic E-state index is -0.252. The molecule has 1 aromatic carbocycles. The lowest BCUT2D eigenvalue weighted by molar-refractivity contribution is 0.181. The number of ether oxygens (including phenoxy) is 1. The van der Waals surface area contributed by atoms with Crippen molar-refractivity contribution in [3.63, 3.8) is 0 Å². The topological polar surface area (TPSA) is 48.4 Å². The molecule has 3 heteroatoms. The Balaban J connectivity index is 2.22. The van der Waals surface area contributed by atoms with Gasteiger partial charge >= 0.3 is 0 Å². The molecule has 1 aromatic heterocycles. The van der Waals surface area contributed by atoms with Crippen LogP contribution < -0.4 is 10.5 Å². The van der Waals surface area contributed by atoms with Crippen LogP contribution in [0.3, 0.4) is 0 Å². The smallest absolute Gasteiger partial charge is 0.168 e. The maximum absolute atomic E-state index is 6.04. The molecule has 0 fully saturated rings. The highest BCUT2D eigenvalue weighted by atomic mass is 16.5. The van der Waals surface area contributed by atoms with E-state index in [0.29, 0.717) is 6.54 Å². The number of hydrogen-bond acceptors (Lipinski definition) is 3. The van der Waals surface area contributed by atoms with Crippen LogP contribution in [0.5, 0.6) is 5.75 Å². The Kier molecular flexibility index (Phi) is 4.43. The molecule has 0 amide bonds. The lowest BCUT2D eigenvalue weighted by Crippen LogP contribution is -2.18. The second-order valence-corrected chi connectivity index (χ2v) is 6.52. The second-order valence-electron chi connectivity index (χ2n) is 6.52. The number of nitrogens with two attached hydrogens (primary N) is 1. The molecule has 1 atom stereocenters. The zero-order valence-corrected chi connectivity index (χ0v) is 13.6. The van der Waals surface area contributed by atoms with Gasteiger partial charge in [-0.05, 0) is 48.6 Å². The first-order valence-electron chi connectivity index (χ1n) is 7.35. The highest BCUT2D eigenvalue weighted by Crippen LogP contribution is 2.30. The third-order valence-electron chi connectivity index (χ3n) is 3.60. The molecule has 3 nitrogen and oxygen atoms in total. The number of aryl methyl sites for hydroxylation is 2. The third kappa shape index (κ3) is 3.67. The molecule has 0 saturated carbocycles. The Morgan fingerprint density at radius 3 is 2.33 bits per heavy atom. The van der Waals surface area contributed by atoms with Crippen molar-refractivity contribution >= 4 is 0 Å². The van der Waals surface area contributed by atoms with E-state index in [1.54, 1.807) is 0 Å². The van der Waals surface area contributed by atoms with Crippen molar-refractivity contribution < 1.29 is 9.15 Å². The Hall–Kier alpha value is -1.74.